The lowest BCUT2D eigenvalue weighted by Gasteiger charge is -2.22. The van der Waals surface area contributed by atoms with E-state index in [4.69, 9.17) is 9.84 Å². The Morgan fingerprint density at radius 2 is 2.44 bits per heavy atom. The molecule has 0 radical (unpaired) electrons. The Hall–Kier alpha value is -1.66. The highest BCUT2D eigenvalue weighted by molar-refractivity contribution is 5.93. The molecule has 0 aromatic carbocycles. The first-order valence-corrected chi connectivity index (χ1v) is 5.74. The van der Waals surface area contributed by atoms with Crippen LogP contribution in [0.3, 0.4) is 0 Å². The molecule has 98 valence electrons. The number of hydrogen-bond acceptors (Lipinski definition) is 5. The van der Waals surface area contributed by atoms with Gasteiger partial charge in [-0.2, -0.15) is 0 Å². The molecule has 1 aromatic heterocycles. The van der Waals surface area contributed by atoms with Gasteiger partial charge >= 0.3 is 5.97 Å². The molecular weight excluding hydrogens is 236 g/mol. The van der Waals surface area contributed by atoms with E-state index in [0.29, 0.717) is 18.7 Å². The number of ether oxygens (including phenoxy) is 1. The van der Waals surface area contributed by atoms with E-state index in [-0.39, 0.29) is 18.7 Å². The first kappa shape index (κ1) is 12.8. The topological polar surface area (TPSA) is 91.7 Å². The zero-order valence-corrected chi connectivity index (χ0v) is 10.1. The summed E-state index contributed by atoms with van der Waals surface area (Å²) in [6.07, 6.45) is 1.86. The van der Waals surface area contributed by atoms with Gasteiger partial charge < -0.3 is 20.3 Å². The van der Waals surface area contributed by atoms with Crippen LogP contribution in [0.1, 0.15) is 22.5 Å². The van der Waals surface area contributed by atoms with Gasteiger partial charge in [-0.15, -0.1) is 0 Å². The van der Waals surface area contributed by atoms with E-state index in [2.05, 4.69) is 10.3 Å². The molecule has 0 aliphatic carbocycles. The highest BCUT2D eigenvalue weighted by Gasteiger charge is 2.32. The fourth-order valence-electron chi connectivity index (χ4n) is 1.87. The van der Waals surface area contributed by atoms with Gasteiger partial charge in [0, 0.05) is 31.5 Å². The van der Waals surface area contributed by atoms with Crippen LogP contribution in [0.4, 0.5) is 5.69 Å². The third kappa shape index (κ3) is 2.77. The summed E-state index contributed by atoms with van der Waals surface area (Å²) < 4.78 is 5.13. The summed E-state index contributed by atoms with van der Waals surface area (Å²) in [6, 6.07) is 1.66. The highest BCUT2D eigenvalue weighted by Crippen LogP contribution is 2.21. The standard InChI is InChI=1S/C12H16N2O4/c1-8-4-10(9(5-13-8)11(15)16)14-6-12(17)2-3-18-7-12/h4-5,17H,2-3,6-7H2,1H3,(H,13,14)(H,15,16). The average Bonchev–Trinajstić information content (AvgIpc) is 2.74. The summed E-state index contributed by atoms with van der Waals surface area (Å²) in [5.41, 5.74) is 0.364. The van der Waals surface area contributed by atoms with Gasteiger partial charge in [-0.1, -0.05) is 0 Å². The smallest absolute Gasteiger partial charge is 0.339 e. The fraction of sp³-hybridized carbons (Fsp3) is 0.500. The molecular formula is C12H16N2O4. The third-order valence-corrected chi connectivity index (χ3v) is 2.96. The SMILES string of the molecule is Cc1cc(NCC2(O)CCOC2)c(C(=O)O)cn1. The van der Waals surface area contributed by atoms with Gasteiger partial charge in [-0.3, -0.25) is 4.98 Å². The van der Waals surface area contributed by atoms with Crippen LogP contribution in [0, 0.1) is 6.92 Å². The largest absolute Gasteiger partial charge is 0.478 e. The van der Waals surface area contributed by atoms with Crippen LogP contribution in [0.2, 0.25) is 0 Å². The van der Waals surface area contributed by atoms with E-state index >= 15 is 0 Å². The third-order valence-electron chi connectivity index (χ3n) is 2.96. The maximum absolute atomic E-state index is 11.0. The fourth-order valence-corrected chi connectivity index (χ4v) is 1.87. The van der Waals surface area contributed by atoms with E-state index in [1.54, 1.807) is 13.0 Å². The molecule has 1 unspecified atom stereocenters. The van der Waals surface area contributed by atoms with Crippen molar-refractivity contribution in [1.29, 1.82) is 0 Å². The van der Waals surface area contributed by atoms with Crippen molar-refractivity contribution in [2.45, 2.75) is 18.9 Å². The maximum atomic E-state index is 11.0. The van der Waals surface area contributed by atoms with E-state index in [1.807, 2.05) is 0 Å². The van der Waals surface area contributed by atoms with Crippen molar-refractivity contribution in [1.82, 2.24) is 4.98 Å². The van der Waals surface area contributed by atoms with Crippen LogP contribution >= 0.6 is 0 Å². The van der Waals surface area contributed by atoms with E-state index < -0.39 is 11.6 Å². The number of nitrogens with one attached hydrogen (secondary N) is 1. The second kappa shape index (κ2) is 4.91. The summed E-state index contributed by atoms with van der Waals surface area (Å²) in [7, 11) is 0. The lowest BCUT2D eigenvalue weighted by atomic mass is 10.0. The molecule has 1 aromatic rings. The van der Waals surface area contributed by atoms with Gasteiger partial charge in [-0.25, -0.2) is 4.79 Å². The molecule has 0 spiro atoms. The van der Waals surface area contributed by atoms with E-state index in [1.165, 1.54) is 6.20 Å². The number of aryl methyl sites for hydroxylation is 1. The summed E-state index contributed by atoms with van der Waals surface area (Å²) in [4.78, 5) is 15.0. The van der Waals surface area contributed by atoms with E-state index in [9.17, 15) is 9.90 Å². The van der Waals surface area contributed by atoms with Crippen molar-refractivity contribution < 1.29 is 19.7 Å². The van der Waals surface area contributed by atoms with Crippen molar-refractivity contribution in [2.75, 3.05) is 25.1 Å². The molecule has 6 nitrogen and oxygen atoms in total. The quantitative estimate of drug-likeness (QED) is 0.728. The molecule has 1 fully saturated rings. The number of aromatic nitrogens is 1. The first-order valence-electron chi connectivity index (χ1n) is 5.74. The lowest BCUT2D eigenvalue weighted by Crippen LogP contribution is -2.37. The zero-order chi connectivity index (χ0) is 13.2. The predicted octanol–water partition coefficient (Wildman–Crippen LogP) is 0.652. The van der Waals surface area contributed by atoms with Gasteiger partial charge in [0.25, 0.3) is 0 Å². The number of anilines is 1. The molecule has 6 heteroatoms. The molecule has 3 N–H and O–H groups in total. The van der Waals surface area contributed by atoms with Gasteiger partial charge in [0.15, 0.2) is 0 Å². The summed E-state index contributed by atoms with van der Waals surface area (Å²) in [5.74, 6) is -1.04. The normalized spacial score (nSPS) is 23.0. The number of nitrogens with zero attached hydrogens (tertiary/aromatic N) is 1. The Labute approximate surface area is 105 Å². The van der Waals surface area contributed by atoms with Crippen LogP contribution in [0.25, 0.3) is 0 Å². The van der Waals surface area contributed by atoms with Crippen LogP contribution in [0.5, 0.6) is 0 Å². The number of rotatable bonds is 4. The van der Waals surface area contributed by atoms with Gasteiger partial charge in [0.05, 0.1) is 12.3 Å². The second-order valence-electron chi connectivity index (χ2n) is 4.56. The Morgan fingerprint density at radius 1 is 1.67 bits per heavy atom. The average molecular weight is 252 g/mol. The Bertz CT molecular complexity index is 455. The number of carbonyl (C=O) groups is 1. The first-order chi connectivity index (χ1) is 8.50. The summed E-state index contributed by atoms with van der Waals surface area (Å²) in [5, 5.41) is 22.1. The minimum Gasteiger partial charge on any atom is -0.478 e. The number of aromatic carboxylic acids is 1. The van der Waals surface area contributed by atoms with Crippen LogP contribution in [0.15, 0.2) is 12.3 Å². The molecule has 18 heavy (non-hydrogen) atoms. The number of hydrogen-bond donors (Lipinski definition) is 3. The summed E-state index contributed by atoms with van der Waals surface area (Å²) >= 11 is 0. The minimum atomic E-state index is -1.04. The molecule has 1 aliphatic heterocycles. The Kier molecular flexibility index (Phi) is 3.49. The number of carboxylic acid groups (broad SMARTS) is 1. The van der Waals surface area contributed by atoms with Crippen LogP contribution in [-0.2, 0) is 4.74 Å². The summed E-state index contributed by atoms with van der Waals surface area (Å²) in [6.45, 7) is 2.84. The number of aliphatic hydroxyl groups is 1. The van der Waals surface area contributed by atoms with Crippen molar-refractivity contribution in [3.05, 3.63) is 23.5 Å². The second-order valence-corrected chi connectivity index (χ2v) is 4.56. The van der Waals surface area contributed by atoms with Crippen molar-refractivity contribution in [3.8, 4) is 0 Å². The molecule has 2 heterocycles. The molecule has 1 atom stereocenters. The molecule has 0 amide bonds. The van der Waals surface area contributed by atoms with Gasteiger partial charge in [0.1, 0.15) is 11.2 Å². The molecule has 2 rings (SSSR count). The number of pyridine rings is 1. The van der Waals surface area contributed by atoms with Crippen LogP contribution in [-0.4, -0.2) is 46.5 Å². The van der Waals surface area contributed by atoms with E-state index in [0.717, 1.165) is 5.69 Å². The monoisotopic (exact) mass is 252 g/mol. The van der Waals surface area contributed by atoms with Crippen molar-refractivity contribution >= 4 is 11.7 Å². The molecule has 0 saturated carbocycles. The minimum absolute atomic E-state index is 0.100. The Balaban J connectivity index is 2.12. The lowest BCUT2D eigenvalue weighted by molar-refractivity contribution is 0.0381. The predicted molar refractivity (Wildman–Crippen MR) is 64.8 cm³/mol. The van der Waals surface area contributed by atoms with Crippen molar-refractivity contribution in [2.24, 2.45) is 0 Å². The van der Waals surface area contributed by atoms with Gasteiger partial charge in [-0.05, 0) is 13.0 Å². The van der Waals surface area contributed by atoms with Crippen LogP contribution < -0.4 is 5.32 Å². The Morgan fingerprint density at radius 3 is 3.06 bits per heavy atom. The highest BCUT2D eigenvalue weighted by atomic mass is 16.5. The van der Waals surface area contributed by atoms with Gasteiger partial charge in [0.2, 0.25) is 0 Å². The zero-order valence-electron chi connectivity index (χ0n) is 10.1. The van der Waals surface area contributed by atoms with Crippen molar-refractivity contribution in [3.63, 3.8) is 0 Å². The number of carboxylic acids is 1. The molecule has 0 bridgehead atoms. The maximum Gasteiger partial charge on any atom is 0.339 e. The molecule has 1 saturated heterocycles. The molecule has 1 aliphatic rings.